The van der Waals surface area contributed by atoms with Gasteiger partial charge in [0.25, 0.3) is 0 Å². The van der Waals surface area contributed by atoms with Crippen LogP contribution in [0.3, 0.4) is 0 Å². The minimum absolute atomic E-state index is 0.103. The highest BCUT2D eigenvalue weighted by Crippen LogP contribution is 2.36. The van der Waals surface area contributed by atoms with Crippen molar-refractivity contribution in [3.05, 3.63) is 33.9 Å². The van der Waals surface area contributed by atoms with Gasteiger partial charge in [0, 0.05) is 18.7 Å². The first-order valence-corrected chi connectivity index (χ1v) is 5.55. The van der Waals surface area contributed by atoms with Crippen LogP contribution in [0, 0.1) is 21.7 Å². The van der Waals surface area contributed by atoms with E-state index in [2.05, 4.69) is 0 Å². The van der Waals surface area contributed by atoms with E-state index in [9.17, 15) is 18.9 Å². The quantitative estimate of drug-likeness (QED) is 0.663. The number of hydrogen-bond donors (Lipinski definition) is 1. The average molecular weight is 258 g/mol. The summed E-state index contributed by atoms with van der Waals surface area (Å²) in [5, 5.41) is 20.0. The molecule has 0 radical (unpaired) electrons. The number of aliphatic hydroxyl groups excluding tert-OH is 1. The van der Waals surface area contributed by atoms with Crippen LogP contribution in [-0.4, -0.2) is 29.2 Å². The maximum atomic E-state index is 13.5. The van der Waals surface area contributed by atoms with E-state index in [1.165, 1.54) is 4.90 Å². The summed E-state index contributed by atoms with van der Waals surface area (Å²) in [5.74, 6) is -2.06. The van der Waals surface area contributed by atoms with E-state index < -0.39 is 22.2 Å². The molecule has 0 aromatic heterocycles. The van der Waals surface area contributed by atoms with E-state index in [0.29, 0.717) is 19.0 Å². The molecule has 1 heterocycles. The molecule has 0 saturated carbocycles. The van der Waals surface area contributed by atoms with E-state index in [1.807, 2.05) is 0 Å². The zero-order valence-electron chi connectivity index (χ0n) is 9.47. The number of anilines is 1. The topological polar surface area (TPSA) is 66.6 Å². The molecule has 1 unspecified atom stereocenters. The molecule has 1 aliphatic heterocycles. The van der Waals surface area contributed by atoms with Gasteiger partial charge in [0.15, 0.2) is 0 Å². The third kappa shape index (κ3) is 2.13. The summed E-state index contributed by atoms with van der Waals surface area (Å²) in [6.07, 6.45) is 1.37. The van der Waals surface area contributed by atoms with Gasteiger partial charge in [-0.05, 0) is 12.8 Å². The van der Waals surface area contributed by atoms with E-state index in [0.717, 1.165) is 12.5 Å². The lowest BCUT2D eigenvalue weighted by atomic mass is 10.2. The molecule has 98 valence electrons. The van der Waals surface area contributed by atoms with Crippen molar-refractivity contribution in [3.63, 3.8) is 0 Å². The van der Waals surface area contributed by atoms with Gasteiger partial charge in [-0.2, -0.15) is 4.39 Å². The van der Waals surface area contributed by atoms with Crippen molar-refractivity contribution >= 4 is 11.4 Å². The SMILES string of the molecule is O=[N+]([O-])c1c(F)cc(F)cc1N1CCCC1CO. The molecule has 0 amide bonds. The van der Waals surface area contributed by atoms with Crippen LogP contribution >= 0.6 is 0 Å². The highest BCUT2D eigenvalue weighted by molar-refractivity contribution is 5.65. The molecular weight excluding hydrogens is 246 g/mol. The van der Waals surface area contributed by atoms with Crippen LogP contribution in [0.2, 0.25) is 0 Å². The summed E-state index contributed by atoms with van der Waals surface area (Å²) < 4.78 is 26.7. The Morgan fingerprint density at radius 1 is 1.50 bits per heavy atom. The highest BCUT2D eigenvalue weighted by atomic mass is 19.1. The number of rotatable bonds is 3. The van der Waals surface area contributed by atoms with Crippen LogP contribution in [0.4, 0.5) is 20.2 Å². The molecule has 2 rings (SSSR count). The largest absolute Gasteiger partial charge is 0.394 e. The predicted molar refractivity (Wildman–Crippen MR) is 60.5 cm³/mol. The van der Waals surface area contributed by atoms with Crippen molar-refractivity contribution in [1.29, 1.82) is 0 Å². The smallest absolute Gasteiger partial charge is 0.328 e. The standard InChI is InChI=1S/C11H12F2N2O3/c12-7-4-9(13)11(15(17)18)10(5-7)14-3-1-2-8(14)6-16/h4-5,8,16H,1-3,6H2. The fourth-order valence-corrected chi connectivity index (χ4v) is 2.29. The predicted octanol–water partition coefficient (Wildman–Crippen LogP) is 1.83. The lowest BCUT2D eigenvalue weighted by Crippen LogP contribution is -2.32. The van der Waals surface area contributed by atoms with Crippen LogP contribution in [-0.2, 0) is 0 Å². The molecule has 1 aromatic rings. The summed E-state index contributed by atoms with van der Waals surface area (Å²) >= 11 is 0. The van der Waals surface area contributed by atoms with Crippen molar-refractivity contribution in [2.45, 2.75) is 18.9 Å². The molecule has 7 heteroatoms. The Morgan fingerprint density at radius 2 is 2.22 bits per heavy atom. The Bertz CT molecular complexity index is 482. The maximum Gasteiger partial charge on any atom is 0.328 e. The molecular formula is C11H12F2N2O3. The highest BCUT2D eigenvalue weighted by Gasteiger charge is 2.32. The summed E-state index contributed by atoms with van der Waals surface area (Å²) in [6.45, 7) is 0.240. The second-order valence-electron chi connectivity index (χ2n) is 4.18. The molecule has 0 spiro atoms. The Kier molecular flexibility index (Phi) is 3.42. The lowest BCUT2D eigenvalue weighted by molar-refractivity contribution is -0.386. The third-order valence-corrected chi connectivity index (χ3v) is 3.09. The van der Waals surface area contributed by atoms with Gasteiger partial charge >= 0.3 is 5.69 Å². The van der Waals surface area contributed by atoms with Crippen molar-refractivity contribution < 1.29 is 18.8 Å². The third-order valence-electron chi connectivity index (χ3n) is 3.09. The van der Waals surface area contributed by atoms with Gasteiger partial charge in [-0.15, -0.1) is 0 Å². The van der Waals surface area contributed by atoms with E-state index in [4.69, 9.17) is 5.11 Å². The normalized spacial score (nSPS) is 19.3. The molecule has 18 heavy (non-hydrogen) atoms. The monoisotopic (exact) mass is 258 g/mol. The molecule has 1 aliphatic rings. The first-order chi connectivity index (χ1) is 8.54. The van der Waals surface area contributed by atoms with Crippen molar-refractivity contribution in [2.24, 2.45) is 0 Å². The summed E-state index contributed by atoms with van der Waals surface area (Å²) in [4.78, 5) is 11.5. The van der Waals surface area contributed by atoms with Crippen molar-refractivity contribution in [2.75, 3.05) is 18.1 Å². The molecule has 1 atom stereocenters. The van der Waals surface area contributed by atoms with Crippen LogP contribution < -0.4 is 4.90 Å². The Balaban J connectivity index is 2.51. The molecule has 1 N–H and O–H groups in total. The van der Waals surface area contributed by atoms with E-state index in [1.54, 1.807) is 0 Å². The second-order valence-corrected chi connectivity index (χ2v) is 4.18. The molecule has 1 aromatic carbocycles. The molecule has 0 bridgehead atoms. The van der Waals surface area contributed by atoms with Gasteiger partial charge in [0.2, 0.25) is 5.82 Å². The fourth-order valence-electron chi connectivity index (χ4n) is 2.29. The first kappa shape index (κ1) is 12.7. The number of aliphatic hydroxyl groups is 1. The number of nitrogens with zero attached hydrogens (tertiary/aromatic N) is 2. The number of nitro benzene ring substituents is 1. The second kappa shape index (κ2) is 4.85. The Labute approximate surface area is 102 Å². The molecule has 1 saturated heterocycles. The Morgan fingerprint density at radius 3 is 2.83 bits per heavy atom. The summed E-state index contributed by atoms with van der Waals surface area (Å²) in [7, 11) is 0. The van der Waals surface area contributed by atoms with Crippen molar-refractivity contribution in [1.82, 2.24) is 0 Å². The number of nitro groups is 1. The van der Waals surface area contributed by atoms with E-state index in [-0.39, 0.29) is 18.3 Å². The van der Waals surface area contributed by atoms with Gasteiger partial charge < -0.3 is 10.0 Å². The first-order valence-electron chi connectivity index (χ1n) is 5.55. The number of hydrogen-bond acceptors (Lipinski definition) is 4. The minimum Gasteiger partial charge on any atom is -0.394 e. The van der Waals surface area contributed by atoms with Crippen LogP contribution in [0.25, 0.3) is 0 Å². The Hall–Kier alpha value is -1.76. The zero-order valence-corrected chi connectivity index (χ0v) is 9.47. The van der Waals surface area contributed by atoms with Crippen LogP contribution in [0.5, 0.6) is 0 Å². The summed E-state index contributed by atoms with van der Waals surface area (Å²) in [5.41, 5.74) is -0.842. The van der Waals surface area contributed by atoms with Gasteiger partial charge in [0.1, 0.15) is 11.5 Å². The lowest BCUT2D eigenvalue weighted by Gasteiger charge is -2.24. The molecule has 1 fully saturated rings. The van der Waals surface area contributed by atoms with Gasteiger partial charge in [-0.3, -0.25) is 10.1 Å². The summed E-state index contributed by atoms with van der Waals surface area (Å²) in [6, 6.07) is 1.10. The average Bonchev–Trinajstić information content (AvgIpc) is 2.74. The van der Waals surface area contributed by atoms with Crippen LogP contribution in [0.1, 0.15) is 12.8 Å². The molecule has 5 nitrogen and oxygen atoms in total. The minimum atomic E-state index is -1.20. The fraction of sp³-hybridized carbons (Fsp3) is 0.455. The van der Waals surface area contributed by atoms with Gasteiger partial charge in [-0.25, -0.2) is 4.39 Å². The van der Waals surface area contributed by atoms with Crippen molar-refractivity contribution in [3.8, 4) is 0 Å². The van der Waals surface area contributed by atoms with Gasteiger partial charge in [0.05, 0.1) is 17.6 Å². The van der Waals surface area contributed by atoms with Crippen LogP contribution in [0.15, 0.2) is 12.1 Å². The molecule has 0 aliphatic carbocycles. The van der Waals surface area contributed by atoms with Gasteiger partial charge in [-0.1, -0.05) is 0 Å². The zero-order chi connectivity index (χ0) is 13.3. The van der Waals surface area contributed by atoms with E-state index >= 15 is 0 Å². The maximum absolute atomic E-state index is 13.5. The number of benzene rings is 1. The number of halogens is 2.